The molecule has 0 aliphatic heterocycles. The third-order valence-corrected chi connectivity index (χ3v) is 2.73. The van der Waals surface area contributed by atoms with Gasteiger partial charge in [0.2, 0.25) is 0 Å². The van der Waals surface area contributed by atoms with E-state index in [4.69, 9.17) is 0 Å². The highest BCUT2D eigenvalue weighted by Crippen LogP contribution is 2.24. The summed E-state index contributed by atoms with van der Waals surface area (Å²) in [7, 11) is 1.81. The van der Waals surface area contributed by atoms with Crippen molar-refractivity contribution in [3.8, 4) is 0 Å². The van der Waals surface area contributed by atoms with Gasteiger partial charge in [-0.2, -0.15) is 0 Å². The monoisotopic (exact) mass is 295 g/mol. The molecule has 2 rings (SSSR count). The first-order chi connectivity index (χ1) is 8.19. The van der Waals surface area contributed by atoms with Gasteiger partial charge in [0.05, 0.1) is 29.5 Å². The molecule has 0 saturated heterocycles. The number of hydrogen-bond donors (Lipinski definition) is 2. The molecule has 0 unspecified atom stereocenters. The van der Waals surface area contributed by atoms with Gasteiger partial charge in [-0.05, 0) is 24.3 Å². The molecule has 17 heavy (non-hydrogen) atoms. The van der Waals surface area contributed by atoms with Crippen LogP contribution in [-0.4, -0.2) is 12.0 Å². The van der Waals surface area contributed by atoms with E-state index in [0.29, 0.717) is 5.69 Å². The predicted molar refractivity (Wildman–Crippen MR) is 71.2 cm³/mol. The third-order valence-electron chi connectivity index (χ3n) is 2.23. The fraction of sp³-hybridized carbons (Fsp3) is 0.0833. The first kappa shape index (κ1) is 11.9. The lowest BCUT2D eigenvalue weighted by Gasteiger charge is -2.09. The SMILES string of the molecule is CNc1cncc(Nc2cc(Br)ccc2F)c1. The van der Waals surface area contributed by atoms with E-state index in [9.17, 15) is 4.39 Å². The minimum Gasteiger partial charge on any atom is -0.387 e. The van der Waals surface area contributed by atoms with Crippen LogP contribution in [0.25, 0.3) is 0 Å². The third kappa shape index (κ3) is 2.94. The van der Waals surface area contributed by atoms with Gasteiger partial charge < -0.3 is 10.6 Å². The van der Waals surface area contributed by atoms with Gasteiger partial charge in [-0.25, -0.2) is 4.39 Å². The van der Waals surface area contributed by atoms with Crippen LogP contribution in [0.15, 0.2) is 41.1 Å². The van der Waals surface area contributed by atoms with Gasteiger partial charge in [-0.1, -0.05) is 15.9 Å². The summed E-state index contributed by atoms with van der Waals surface area (Å²) in [5.74, 6) is -0.303. The van der Waals surface area contributed by atoms with E-state index >= 15 is 0 Å². The number of benzene rings is 1. The maximum absolute atomic E-state index is 13.5. The van der Waals surface area contributed by atoms with Crippen LogP contribution in [0.4, 0.5) is 21.5 Å². The van der Waals surface area contributed by atoms with Crippen LogP contribution in [-0.2, 0) is 0 Å². The van der Waals surface area contributed by atoms with Gasteiger partial charge in [-0.15, -0.1) is 0 Å². The Hall–Kier alpha value is -1.62. The summed E-state index contributed by atoms with van der Waals surface area (Å²) < 4.78 is 14.3. The van der Waals surface area contributed by atoms with E-state index in [2.05, 4.69) is 31.5 Å². The van der Waals surface area contributed by atoms with Crippen LogP contribution >= 0.6 is 15.9 Å². The Balaban J connectivity index is 2.27. The Morgan fingerprint density at radius 2 is 1.94 bits per heavy atom. The largest absolute Gasteiger partial charge is 0.387 e. The normalized spacial score (nSPS) is 10.1. The van der Waals surface area contributed by atoms with Crippen molar-refractivity contribution < 1.29 is 4.39 Å². The Morgan fingerprint density at radius 1 is 1.18 bits per heavy atom. The highest BCUT2D eigenvalue weighted by atomic mass is 79.9. The van der Waals surface area contributed by atoms with Crippen molar-refractivity contribution in [3.05, 3.63) is 46.9 Å². The van der Waals surface area contributed by atoms with Crippen LogP contribution in [0.2, 0.25) is 0 Å². The quantitative estimate of drug-likeness (QED) is 0.905. The van der Waals surface area contributed by atoms with Gasteiger partial charge in [0.15, 0.2) is 0 Å². The number of halogens is 2. The number of hydrogen-bond acceptors (Lipinski definition) is 3. The van der Waals surface area contributed by atoms with Crippen LogP contribution in [0, 0.1) is 5.82 Å². The van der Waals surface area contributed by atoms with Crippen molar-refractivity contribution in [2.45, 2.75) is 0 Å². The summed E-state index contributed by atoms with van der Waals surface area (Å²) in [5.41, 5.74) is 2.01. The molecule has 0 aliphatic rings. The topological polar surface area (TPSA) is 37.0 Å². The molecule has 0 fully saturated rings. The van der Waals surface area contributed by atoms with E-state index in [1.165, 1.54) is 6.07 Å². The molecule has 88 valence electrons. The average molecular weight is 296 g/mol. The molecule has 5 heteroatoms. The van der Waals surface area contributed by atoms with Gasteiger partial charge >= 0.3 is 0 Å². The smallest absolute Gasteiger partial charge is 0.146 e. The molecular weight excluding hydrogens is 285 g/mol. The summed E-state index contributed by atoms with van der Waals surface area (Å²) in [6.07, 6.45) is 3.34. The highest BCUT2D eigenvalue weighted by molar-refractivity contribution is 9.10. The fourth-order valence-electron chi connectivity index (χ4n) is 1.39. The zero-order valence-electron chi connectivity index (χ0n) is 9.17. The minimum atomic E-state index is -0.303. The second kappa shape index (κ2) is 5.14. The van der Waals surface area contributed by atoms with Gasteiger partial charge in [0, 0.05) is 11.5 Å². The van der Waals surface area contributed by atoms with Crippen LogP contribution in [0.1, 0.15) is 0 Å². The average Bonchev–Trinajstić information content (AvgIpc) is 2.34. The lowest BCUT2D eigenvalue weighted by Crippen LogP contribution is -1.96. The van der Waals surface area contributed by atoms with Crippen molar-refractivity contribution in [3.63, 3.8) is 0 Å². The summed E-state index contributed by atoms with van der Waals surface area (Å²) in [6.45, 7) is 0. The molecule has 0 spiro atoms. The Bertz CT molecular complexity index is 531. The molecular formula is C12H11BrFN3. The van der Waals surface area contributed by atoms with E-state index < -0.39 is 0 Å². The molecule has 0 aliphatic carbocycles. The van der Waals surface area contributed by atoms with Crippen LogP contribution < -0.4 is 10.6 Å². The van der Waals surface area contributed by atoms with E-state index in [1.807, 2.05) is 6.07 Å². The van der Waals surface area contributed by atoms with Gasteiger partial charge in [0.25, 0.3) is 0 Å². The molecule has 0 radical (unpaired) electrons. The van der Waals surface area contributed by atoms with E-state index in [0.717, 1.165) is 15.8 Å². The zero-order chi connectivity index (χ0) is 12.3. The molecule has 0 atom stereocenters. The standard InChI is InChI=1S/C12H11BrFN3/c1-15-9-5-10(7-16-6-9)17-12-4-8(13)2-3-11(12)14/h2-7,15,17H,1H3. The van der Waals surface area contributed by atoms with Crippen molar-refractivity contribution in [2.24, 2.45) is 0 Å². The number of pyridine rings is 1. The number of aromatic nitrogens is 1. The minimum absolute atomic E-state index is 0.303. The fourth-order valence-corrected chi connectivity index (χ4v) is 1.75. The van der Waals surface area contributed by atoms with Crippen molar-refractivity contribution in [1.82, 2.24) is 4.98 Å². The van der Waals surface area contributed by atoms with E-state index in [-0.39, 0.29) is 5.82 Å². The summed E-state index contributed by atoms with van der Waals surface area (Å²) in [4.78, 5) is 4.04. The van der Waals surface area contributed by atoms with Crippen molar-refractivity contribution in [1.29, 1.82) is 0 Å². The maximum atomic E-state index is 13.5. The predicted octanol–water partition coefficient (Wildman–Crippen LogP) is 3.77. The lowest BCUT2D eigenvalue weighted by molar-refractivity contribution is 0.631. The Labute approximate surface area is 107 Å². The summed E-state index contributed by atoms with van der Waals surface area (Å²) >= 11 is 3.30. The Morgan fingerprint density at radius 3 is 2.71 bits per heavy atom. The number of nitrogens with one attached hydrogen (secondary N) is 2. The molecule has 2 aromatic rings. The number of anilines is 3. The van der Waals surface area contributed by atoms with Gasteiger partial charge in [-0.3, -0.25) is 4.98 Å². The first-order valence-corrected chi connectivity index (χ1v) is 5.83. The molecule has 0 amide bonds. The molecule has 0 saturated carbocycles. The molecule has 2 N–H and O–H groups in total. The van der Waals surface area contributed by atoms with Crippen LogP contribution in [0.3, 0.4) is 0 Å². The summed E-state index contributed by atoms with van der Waals surface area (Å²) in [5, 5.41) is 5.95. The second-order valence-corrected chi connectivity index (χ2v) is 4.38. The molecule has 1 aromatic heterocycles. The lowest BCUT2D eigenvalue weighted by atomic mass is 10.3. The second-order valence-electron chi connectivity index (χ2n) is 3.46. The highest BCUT2D eigenvalue weighted by Gasteiger charge is 2.03. The molecule has 3 nitrogen and oxygen atoms in total. The number of nitrogens with zero attached hydrogens (tertiary/aromatic N) is 1. The molecule has 1 heterocycles. The van der Waals surface area contributed by atoms with Crippen molar-refractivity contribution >= 4 is 33.0 Å². The first-order valence-electron chi connectivity index (χ1n) is 5.04. The van der Waals surface area contributed by atoms with Gasteiger partial charge in [0.1, 0.15) is 5.82 Å². The molecule has 1 aromatic carbocycles. The van der Waals surface area contributed by atoms with Crippen molar-refractivity contribution in [2.75, 3.05) is 17.7 Å². The van der Waals surface area contributed by atoms with Crippen LogP contribution in [0.5, 0.6) is 0 Å². The molecule has 0 bridgehead atoms. The Kier molecular flexibility index (Phi) is 3.58. The maximum Gasteiger partial charge on any atom is 0.146 e. The zero-order valence-corrected chi connectivity index (χ0v) is 10.8. The van der Waals surface area contributed by atoms with E-state index in [1.54, 1.807) is 31.6 Å². The number of rotatable bonds is 3. The summed E-state index contributed by atoms with van der Waals surface area (Å²) in [6, 6.07) is 6.60.